The molecule has 0 saturated heterocycles. The Hall–Kier alpha value is -1.42. The highest BCUT2D eigenvalue weighted by Gasteiger charge is 1.96. The maximum absolute atomic E-state index is 5.82. The average molecular weight is 195 g/mol. The minimum atomic E-state index is 0.646. The lowest BCUT2D eigenvalue weighted by Crippen LogP contribution is -2.00. The van der Waals surface area contributed by atoms with E-state index in [4.69, 9.17) is 11.6 Å². The van der Waals surface area contributed by atoms with E-state index in [1.807, 2.05) is 24.3 Å². The largest absolute Gasteiger partial charge is 0.228 e. The molecule has 13 heavy (non-hydrogen) atoms. The normalized spacial score (nSPS) is 10.2. The van der Waals surface area contributed by atoms with Crippen molar-refractivity contribution in [1.82, 2.24) is 20.2 Å². The van der Waals surface area contributed by atoms with Gasteiger partial charge < -0.3 is 0 Å². The second-order valence-corrected chi connectivity index (χ2v) is 3.07. The van der Waals surface area contributed by atoms with E-state index >= 15 is 0 Å². The van der Waals surface area contributed by atoms with Crippen LogP contribution in [0.2, 0.25) is 5.02 Å². The summed E-state index contributed by atoms with van der Waals surface area (Å²) in [5.41, 5.74) is 1.08. The summed E-state index contributed by atoms with van der Waals surface area (Å²) in [6.07, 6.45) is 1.57. The molecule has 0 saturated carbocycles. The molecule has 1 aromatic heterocycles. The van der Waals surface area contributed by atoms with E-state index in [1.165, 1.54) is 0 Å². The summed E-state index contributed by atoms with van der Waals surface area (Å²) in [6, 6.07) is 7.61. The van der Waals surface area contributed by atoms with Crippen molar-refractivity contribution in [2.45, 2.75) is 6.54 Å². The number of hydrogen-bond acceptors (Lipinski definition) is 3. The van der Waals surface area contributed by atoms with E-state index in [-0.39, 0.29) is 0 Å². The van der Waals surface area contributed by atoms with Gasteiger partial charge in [0.05, 0.1) is 6.54 Å². The topological polar surface area (TPSA) is 43.6 Å². The monoisotopic (exact) mass is 194 g/mol. The molecule has 0 aliphatic heterocycles. The lowest BCUT2D eigenvalue weighted by molar-refractivity contribution is 0.648. The molecule has 0 N–H and O–H groups in total. The minimum absolute atomic E-state index is 0.646. The minimum Gasteiger partial charge on any atom is -0.228 e. The zero-order valence-electron chi connectivity index (χ0n) is 6.76. The van der Waals surface area contributed by atoms with Gasteiger partial charge in [0.2, 0.25) is 0 Å². The third kappa shape index (κ3) is 2.03. The predicted octanol–water partition coefficient (Wildman–Crippen LogP) is 1.37. The van der Waals surface area contributed by atoms with Crippen molar-refractivity contribution >= 4 is 11.6 Å². The van der Waals surface area contributed by atoms with Crippen LogP contribution in [0.15, 0.2) is 30.6 Å². The molecule has 2 aromatic rings. The SMILES string of the molecule is Clc1cccc(Cn2cnnn2)c1. The van der Waals surface area contributed by atoms with Gasteiger partial charge in [-0.05, 0) is 28.1 Å². The number of rotatable bonds is 2. The molecule has 0 spiro atoms. The molecule has 1 heterocycles. The van der Waals surface area contributed by atoms with E-state index in [0.717, 1.165) is 10.6 Å². The van der Waals surface area contributed by atoms with Gasteiger partial charge in [0.1, 0.15) is 6.33 Å². The highest BCUT2D eigenvalue weighted by molar-refractivity contribution is 6.30. The quantitative estimate of drug-likeness (QED) is 0.726. The third-order valence-corrected chi connectivity index (χ3v) is 1.86. The fraction of sp³-hybridized carbons (Fsp3) is 0.125. The zero-order valence-corrected chi connectivity index (χ0v) is 7.52. The molecular formula is C8H7ClN4. The molecule has 4 nitrogen and oxygen atoms in total. The maximum Gasteiger partial charge on any atom is 0.138 e. The summed E-state index contributed by atoms with van der Waals surface area (Å²) in [6.45, 7) is 0.646. The van der Waals surface area contributed by atoms with E-state index in [9.17, 15) is 0 Å². The van der Waals surface area contributed by atoms with Crippen LogP contribution < -0.4 is 0 Å². The van der Waals surface area contributed by atoms with Crippen LogP contribution in [0.4, 0.5) is 0 Å². The zero-order chi connectivity index (χ0) is 9.10. The van der Waals surface area contributed by atoms with Crippen molar-refractivity contribution in [3.63, 3.8) is 0 Å². The number of tetrazole rings is 1. The number of aromatic nitrogens is 4. The van der Waals surface area contributed by atoms with Crippen molar-refractivity contribution in [2.75, 3.05) is 0 Å². The number of hydrogen-bond donors (Lipinski definition) is 0. The summed E-state index contributed by atoms with van der Waals surface area (Å²) < 4.78 is 1.64. The maximum atomic E-state index is 5.82. The van der Waals surface area contributed by atoms with Gasteiger partial charge in [-0.3, -0.25) is 0 Å². The molecule has 0 aliphatic rings. The van der Waals surface area contributed by atoms with Crippen LogP contribution in [0.25, 0.3) is 0 Å². The molecule has 1 aromatic carbocycles. The van der Waals surface area contributed by atoms with Crippen LogP contribution in [0.5, 0.6) is 0 Å². The fourth-order valence-corrected chi connectivity index (χ4v) is 1.29. The van der Waals surface area contributed by atoms with Crippen LogP contribution in [0.1, 0.15) is 5.56 Å². The smallest absolute Gasteiger partial charge is 0.138 e. The molecule has 2 rings (SSSR count). The first-order valence-corrected chi connectivity index (χ1v) is 4.17. The Labute approximate surface area is 80.1 Å². The Morgan fingerprint density at radius 2 is 2.31 bits per heavy atom. The Morgan fingerprint density at radius 3 is 3.00 bits per heavy atom. The van der Waals surface area contributed by atoms with Gasteiger partial charge in [0, 0.05) is 5.02 Å². The number of benzene rings is 1. The standard InChI is InChI=1S/C8H7ClN4/c9-8-3-1-2-7(4-8)5-13-6-10-11-12-13/h1-4,6H,5H2. The first kappa shape index (κ1) is 8.19. The van der Waals surface area contributed by atoms with Crippen LogP contribution in [0, 0.1) is 0 Å². The van der Waals surface area contributed by atoms with Crippen LogP contribution >= 0.6 is 11.6 Å². The van der Waals surface area contributed by atoms with E-state index in [2.05, 4.69) is 15.5 Å². The van der Waals surface area contributed by atoms with E-state index < -0.39 is 0 Å². The van der Waals surface area contributed by atoms with Crippen molar-refractivity contribution in [3.05, 3.63) is 41.2 Å². The van der Waals surface area contributed by atoms with Gasteiger partial charge in [-0.1, -0.05) is 23.7 Å². The molecule has 0 radical (unpaired) electrons. The van der Waals surface area contributed by atoms with Gasteiger partial charge in [0.25, 0.3) is 0 Å². The molecule has 0 atom stereocenters. The highest BCUT2D eigenvalue weighted by Crippen LogP contribution is 2.10. The van der Waals surface area contributed by atoms with Gasteiger partial charge in [0.15, 0.2) is 0 Å². The summed E-state index contributed by atoms with van der Waals surface area (Å²) in [7, 11) is 0. The lowest BCUT2D eigenvalue weighted by atomic mass is 10.2. The molecular weight excluding hydrogens is 188 g/mol. The fourth-order valence-electron chi connectivity index (χ4n) is 1.08. The molecule has 5 heteroatoms. The molecule has 0 amide bonds. The third-order valence-electron chi connectivity index (χ3n) is 1.63. The lowest BCUT2D eigenvalue weighted by Gasteiger charge is -1.99. The van der Waals surface area contributed by atoms with Crippen LogP contribution in [-0.2, 0) is 6.54 Å². The summed E-state index contributed by atoms with van der Waals surface area (Å²) in [5, 5.41) is 11.6. The first-order valence-electron chi connectivity index (χ1n) is 3.80. The van der Waals surface area contributed by atoms with Gasteiger partial charge >= 0.3 is 0 Å². The summed E-state index contributed by atoms with van der Waals surface area (Å²) >= 11 is 5.82. The second kappa shape index (κ2) is 3.53. The van der Waals surface area contributed by atoms with E-state index in [0.29, 0.717) is 6.54 Å². The van der Waals surface area contributed by atoms with Gasteiger partial charge in [-0.25, -0.2) is 4.68 Å². The van der Waals surface area contributed by atoms with Crippen molar-refractivity contribution in [3.8, 4) is 0 Å². The molecule has 66 valence electrons. The predicted molar refractivity (Wildman–Crippen MR) is 48.4 cm³/mol. The Morgan fingerprint density at radius 1 is 1.38 bits per heavy atom. The van der Waals surface area contributed by atoms with Crippen molar-refractivity contribution < 1.29 is 0 Å². The van der Waals surface area contributed by atoms with Crippen molar-refractivity contribution in [1.29, 1.82) is 0 Å². The van der Waals surface area contributed by atoms with Crippen LogP contribution in [0.3, 0.4) is 0 Å². The van der Waals surface area contributed by atoms with Gasteiger partial charge in [-0.15, -0.1) is 5.10 Å². The average Bonchev–Trinajstić information content (AvgIpc) is 2.57. The number of halogens is 1. The first-order chi connectivity index (χ1) is 6.34. The highest BCUT2D eigenvalue weighted by atomic mass is 35.5. The Balaban J connectivity index is 2.19. The molecule has 0 bridgehead atoms. The Kier molecular flexibility index (Phi) is 2.23. The van der Waals surface area contributed by atoms with Crippen molar-refractivity contribution in [2.24, 2.45) is 0 Å². The van der Waals surface area contributed by atoms with E-state index in [1.54, 1.807) is 11.0 Å². The van der Waals surface area contributed by atoms with Gasteiger partial charge in [-0.2, -0.15) is 0 Å². The van der Waals surface area contributed by atoms with Crippen LogP contribution in [-0.4, -0.2) is 20.2 Å². The molecule has 0 aliphatic carbocycles. The number of nitrogens with zero attached hydrogens (tertiary/aromatic N) is 4. The molecule has 0 fully saturated rings. The summed E-state index contributed by atoms with van der Waals surface area (Å²) in [5.74, 6) is 0. The molecule has 0 unspecified atom stereocenters. The summed E-state index contributed by atoms with van der Waals surface area (Å²) in [4.78, 5) is 0. The second-order valence-electron chi connectivity index (χ2n) is 2.64. The Bertz CT molecular complexity index is 385.